The molecule has 0 aromatic heterocycles. The smallest absolute Gasteiger partial charge is 0.251 e. The van der Waals surface area contributed by atoms with Gasteiger partial charge in [0, 0.05) is 12.1 Å². The second-order valence-corrected chi connectivity index (χ2v) is 6.30. The quantitative estimate of drug-likeness (QED) is 0.760. The number of nitrogens with one attached hydrogen (secondary N) is 1. The van der Waals surface area contributed by atoms with Gasteiger partial charge in [-0.2, -0.15) is 0 Å². The van der Waals surface area contributed by atoms with E-state index in [0.29, 0.717) is 34.7 Å². The van der Waals surface area contributed by atoms with Crippen LogP contribution in [0.3, 0.4) is 0 Å². The number of hydrogen-bond donors (Lipinski definition) is 1. The highest BCUT2D eigenvalue weighted by Crippen LogP contribution is 2.36. The van der Waals surface area contributed by atoms with Gasteiger partial charge in [0.25, 0.3) is 5.91 Å². The van der Waals surface area contributed by atoms with Gasteiger partial charge in [0.1, 0.15) is 0 Å². The molecule has 0 radical (unpaired) electrons. The van der Waals surface area contributed by atoms with Gasteiger partial charge in [-0.3, -0.25) is 4.79 Å². The lowest BCUT2D eigenvalue weighted by Crippen LogP contribution is -2.27. The molecule has 4 nitrogen and oxygen atoms in total. The Bertz CT molecular complexity index is 689. The van der Waals surface area contributed by atoms with Gasteiger partial charge in [-0.05, 0) is 46.5 Å². The van der Waals surface area contributed by atoms with Crippen LogP contribution in [-0.2, 0) is 0 Å². The zero-order valence-corrected chi connectivity index (χ0v) is 15.7. The Hall–Kier alpha value is -2.01. The van der Waals surface area contributed by atoms with Crippen molar-refractivity contribution in [2.75, 3.05) is 20.3 Å². The number of carbonyl (C=O) groups excluding carboxylic acids is 1. The van der Waals surface area contributed by atoms with Gasteiger partial charge in [0.2, 0.25) is 0 Å². The lowest BCUT2D eigenvalue weighted by atomic mass is 10.0. The number of amides is 1. The van der Waals surface area contributed by atoms with E-state index in [1.54, 1.807) is 19.2 Å². The second kappa shape index (κ2) is 8.73. The first kappa shape index (κ1) is 18.3. The molecule has 0 fully saturated rings. The van der Waals surface area contributed by atoms with E-state index >= 15 is 0 Å². The summed E-state index contributed by atoms with van der Waals surface area (Å²) < 4.78 is 11.6. The first-order valence-corrected chi connectivity index (χ1v) is 8.69. The molecule has 0 spiro atoms. The number of rotatable bonds is 7. The van der Waals surface area contributed by atoms with Gasteiger partial charge in [-0.1, -0.05) is 37.3 Å². The van der Waals surface area contributed by atoms with Crippen LogP contribution in [-0.4, -0.2) is 26.2 Å². The minimum atomic E-state index is -0.137. The van der Waals surface area contributed by atoms with E-state index in [2.05, 4.69) is 40.3 Å². The van der Waals surface area contributed by atoms with Crippen LogP contribution >= 0.6 is 15.9 Å². The number of ether oxygens (including phenoxy) is 2. The Morgan fingerprint density at radius 3 is 2.58 bits per heavy atom. The van der Waals surface area contributed by atoms with Crippen molar-refractivity contribution >= 4 is 21.8 Å². The zero-order valence-electron chi connectivity index (χ0n) is 14.1. The van der Waals surface area contributed by atoms with E-state index < -0.39 is 0 Å². The summed E-state index contributed by atoms with van der Waals surface area (Å²) in [7, 11) is 1.57. The summed E-state index contributed by atoms with van der Waals surface area (Å²) in [5.74, 6) is 1.24. The van der Waals surface area contributed by atoms with Crippen molar-refractivity contribution in [2.24, 2.45) is 0 Å². The van der Waals surface area contributed by atoms with Crippen LogP contribution in [0.25, 0.3) is 0 Å². The minimum absolute atomic E-state index is 0.137. The number of carbonyl (C=O) groups is 1. The van der Waals surface area contributed by atoms with Crippen molar-refractivity contribution in [3.63, 3.8) is 0 Å². The van der Waals surface area contributed by atoms with Crippen molar-refractivity contribution in [3.8, 4) is 11.5 Å². The highest BCUT2D eigenvalue weighted by molar-refractivity contribution is 9.10. The Balaban J connectivity index is 2.09. The van der Waals surface area contributed by atoms with Gasteiger partial charge < -0.3 is 14.8 Å². The Labute approximate surface area is 151 Å². The molecule has 1 unspecified atom stereocenters. The first-order valence-electron chi connectivity index (χ1n) is 7.90. The van der Waals surface area contributed by atoms with Crippen LogP contribution < -0.4 is 14.8 Å². The van der Waals surface area contributed by atoms with E-state index in [9.17, 15) is 4.79 Å². The Morgan fingerprint density at radius 2 is 1.96 bits per heavy atom. The first-order chi connectivity index (χ1) is 11.6. The van der Waals surface area contributed by atoms with E-state index in [1.165, 1.54) is 5.56 Å². The third kappa shape index (κ3) is 4.51. The van der Waals surface area contributed by atoms with Crippen LogP contribution in [0.1, 0.15) is 35.7 Å². The lowest BCUT2D eigenvalue weighted by molar-refractivity contribution is 0.0951. The molecular weight excluding hydrogens is 370 g/mol. The molecule has 0 aliphatic rings. The van der Waals surface area contributed by atoms with Crippen molar-refractivity contribution in [2.45, 2.75) is 19.8 Å². The molecule has 0 aliphatic heterocycles. The highest BCUT2D eigenvalue weighted by Gasteiger charge is 2.16. The lowest BCUT2D eigenvalue weighted by Gasteiger charge is -2.15. The summed E-state index contributed by atoms with van der Waals surface area (Å²) in [6.07, 6.45) is 0. The molecular formula is C19H22BrNO3. The molecule has 0 heterocycles. The molecule has 2 rings (SSSR count). The summed E-state index contributed by atoms with van der Waals surface area (Å²) in [4.78, 5) is 12.5. The van der Waals surface area contributed by atoms with Crippen LogP contribution in [0.5, 0.6) is 11.5 Å². The highest BCUT2D eigenvalue weighted by atomic mass is 79.9. The fourth-order valence-corrected chi connectivity index (χ4v) is 3.01. The average Bonchev–Trinajstić information content (AvgIpc) is 2.60. The molecule has 0 saturated carbocycles. The van der Waals surface area contributed by atoms with Crippen molar-refractivity contribution in [1.82, 2.24) is 5.32 Å². The molecule has 2 aromatic carbocycles. The molecule has 1 amide bonds. The SMILES string of the molecule is CCOc1cc(C(=O)NCC(C)c2ccccc2)cc(Br)c1OC. The predicted molar refractivity (Wildman–Crippen MR) is 99.1 cm³/mol. The number of hydrogen-bond acceptors (Lipinski definition) is 3. The molecule has 0 saturated heterocycles. The fraction of sp³-hybridized carbons (Fsp3) is 0.316. The Kier molecular flexibility index (Phi) is 6.67. The normalized spacial score (nSPS) is 11.7. The topological polar surface area (TPSA) is 47.6 Å². The van der Waals surface area contributed by atoms with Crippen LogP contribution in [0, 0.1) is 0 Å². The largest absolute Gasteiger partial charge is 0.492 e. The Morgan fingerprint density at radius 1 is 1.25 bits per heavy atom. The van der Waals surface area contributed by atoms with Gasteiger partial charge in [0.05, 0.1) is 18.2 Å². The minimum Gasteiger partial charge on any atom is -0.492 e. The maximum absolute atomic E-state index is 12.5. The third-order valence-corrected chi connectivity index (χ3v) is 4.30. The van der Waals surface area contributed by atoms with Gasteiger partial charge in [-0.25, -0.2) is 0 Å². The van der Waals surface area contributed by atoms with Crippen LogP contribution in [0.2, 0.25) is 0 Å². The fourth-order valence-electron chi connectivity index (χ4n) is 2.41. The molecule has 2 aromatic rings. The predicted octanol–water partition coefficient (Wildman–Crippen LogP) is 4.39. The monoisotopic (exact) mass is 391 g/mol. The van der Waals surface area contributed by atoms with Gasteiger partial charge >= 0.3 is 0 Å². The molecule has 5 heteroatoms. The second-order valence-electron chi connectivity index (χ2n) is 5.44. The molecule has 1 N–H and O–H groups in total. The van der Waals surface area contributed by atoms with E-state index in [-0.39, 0.29) is 11.8 Å². The van der Waals surface area contributed by atoms with Crippen LogP contribution in [0.15, 0.2) is 46.9 Å². The summed E-state index contributed by atoms with van der Waals surface area (Å²) in [6, 6.07) is 13.6. The van der Waals surface area contributed by atoms with Crippen LogP contribution in [0.4, 0.5) is 0 Å². The molecule has 24 heavy (non-hydrogen) atoms. The molecule has 0 aliphatic carbocycles. The van der Waals surface area contributed by atoms with Crippen molar-refractivity contribution in [3.05, 3.63) is 58.1 Å². The standard InChI is InChI=1S/C19H22BrNO3/c1-4-24-17-11-15(10-16(20)18(17)23-3)19(22)21-12-13(2)14-8-6-5-7-9-14/h5-11,13H,4,12H2,1-3H3,(H,21,22). The van der Waals surface area contributed by atoms with Crippen molar-refractivity contribution in [1.29, 1.82) is 0 Å². The maximum atomic E-state index is 12.5. The molecule has 0 bridgehead atoms. The van der Waals surface area contributed by atoms with E-state index in [0.717, 1.165) is 0 Å². The summed E-state index contributed by atoms with van der Waals surface area (Å²) in [5.41, 5.74) is 1.73. The third-order valence-electron chi connectivity index (χ3n) is 3.71. The zero-order chi connectivity index (χ0) is 17.5. The van der Waals surface area contributed by atoms with Gasteiger partial charge in [0.15, 0.2) is 11.5 Å². The van der Waals surface area contributed by atoms with E-state index in [1.807, 2.05) is 25.1 Å². The summed E-state index contributed by atoms with van der Waals surface area (Å²) in [6.45, 7) is 5.04. The number of methoxy groups -OCH3 is 1. The van der Waals surface area contributed by atoms with Crippen molar-refractivity contribution < 1.29 is 14.3 Å². The summed E-state index contributed by atoms with van der Waals surface area (Å²) in [5, 5.41) is 2.98. The number of benzene rings is 2. The van der Waals surface area contributed by atoms with Gasteiger partial charge in [-0.15, -0.1) is 0 Å². The maximum Gasteiger partial charge on any atom is 0.251 e. The number of halogens is 1. The molecule has 1 atom stereocenters. The average molecular weight is 392 g/mol. The summed E-state index contributed by atoms with van der Waals surface area (Å²) >= 11 is 3.43. The molecule has 128 valence electrons. The van der Waals surface area contributed by atoms with E-state index in [4.69, 9.17) is 9.47 Å².